The standard InChI is InChI=1S/C23H23BrF3N7O3/c1-5-13-7-6-8-28-19(13)34-16(11-17(32-34)23(25,26)27)21(36)29-18-14(9-12(2)10-15(18)24)20(35)30-31-22(37)33(3)4/h6-11H,5H2,1-4H3,(H,29,36)(H,30,35)(H,31,37). The van der Waals surface area contributed by atoms with Gasteiger partial charge in [0, 0.05) is 30.8 Å². The molecule has 2 heterocycles. The fourth-order valence-electron chi connectivity index (χ4n) is 3.26. The number of aromatic nitrogens is 3. The second-order valence-corrected chi connectivity index (χ2v) is 8.92. The maximum atomic E-state index is 13.5. The monoisotopic (exact) mass is 581 g/mol. The number of hydrogen-bond acceptors (Lipinski definition) is 5. The summed E-state index contributed by atoms with van der Waals surface area (Å²) in [5.74, 6) is -1.66. The lowest BCUT2D eigenvalue weighted by Gasteiger charge is -2.17. The summed E-state index contributed by atoms with van der Waals surface area (Å²) < 4.78 is 41.7. The molecule has 2 aromatic heterocycles. The molecule has 0 saturated carbocycles. The van der Waals surface area contributed by atoms with E-state index in [1.54, 1.807) is 32.0 Å². The van der Waals surface area contributed by atoms with E-state index in [0.29, 0.717) is 28.1 Å². The molecule has 0 bridgehead atoms. The second kappa shape index (κ2) is 11.0. The van der Waals surface area contributed by atoms with Gasteiger partial charge in [0.25, 0.3) is 11.8 Å². The summed E-state index contributed by atoms with van der Waals surface area (Å²) in [6, 6.07) is 6.36. The molecule has 0 atom stereocenters. The first-order chi connectivity index (χ1) is 17.3. The molecule has 14 heteroatoms. The molecule has 0 unspecified atom stereocenters. The zero-order valence-electron chi connectivity index (χ0n) is 20.2. The molecule has 1 aromatic carbocycles. The molecule has 0 fully saturated rings. The fourth-order valence-corrected chi connectivity index (χ4v) is 3.93. The van der Waals surface area contributed by atoms with Gasteiger partial charge in [0.2, 0.25) is 0 Å². The molecular weight excluding hydrogens is 559 g/mol. The number of hydrazine groups is 1. The van der Waals surface area contributed by atoms with Crippen LogP contribution >= 0.6 is 15.9 Å². The molecule has 4 amide bonds. The van der Waals surface area contributed by atoms with E-state index < -0.39 is 35.4 Å². The molecule has 10 nitrogen and oxygen atoms in total. The van der Waals surface area contributed by atoms with Crippen molar-refractivity contribution in [3.63, 3.8) is 0 Å². The summed E-state index contributed by atoms with van der Waals surface area (Å²) in [6.45, 7) is 3.49. The number of aryl methyl sites for hydroxylation is 2. The van der Waals surface area contributed by atoms with E-state index in [1.807, 2.05) is 0 Å². The van der Waals surface area contributed by atoms with Crippen molar-refractivity contribution in [3.8, 4) is 5.82 Å². The minimum atomic E-state index is -4.82. The molecule has 3 N–H and O–H groups in total. The van der Waals surface area contributed by atoms with Crippen molar-refractivity contribution in [3.05, 3.63) is 69.1 Å². The highest BCUT2D eigenvalue weighted by atomic mass is 79.9. The molecule has 0 radical (unpaired) electrons. The van der Waals surface area contributed by atoms with Crippen LogP contribution in [0.4, 0.5) is 23.7 Å². The molecule has 196 valence electrons. The first-order valence-electron chi connectivity index (χ1n) is 10.8. The van der Waals surface area contributed by atoms with Crippen molar-refractivity contribution in [2.45, 2.75) is 26.4 Å². The minimum Gasteiger partial charge on any atom is -0.330 e. The summed E-state index contributed by atoms with van der Waals surface area (Å²) in [7, 11) is 2.95. The van der Waals surface area contributed by atoms with E-state index in [1.165, 1.54) is 31.3 Å². The van der Waals surface area contributed by atoms with Gasteiger partial charge in [0.15, 0.2) is 11.5 Å². The van der Waals surface area contributed by atoms with Crippen LogP contribution in [-0.4, -0.2) is 51.6 Å². The maximum absolute atomic E-state index is 13.5. The van der Waals surface area contributed by atoms with E-state index in [9.17, 15) is 27.6 Å². The number of carbonyl (C=O) groups is 3. The van der Waals surface area contributed by atoms with Crippen LogP contribution < -0.4 is 16.2 Å². The molecule has 3 aromatic rings. The molecule has 0 aliphatic heterocycles. The lowest BCUT2D eigenvalue weighted by molar-refractivity contribution is -0.141. The van der Waals surface area contributed by atoms with Crippen molar-refractivity contribution in [2.75, 3.05) is 19.4 Å². The predicted octanol–water partition coefficient (Wildman–Crippen LogP) is 4.09. The number of pyridine rings is 1. The van der Waals surface area contributed by atoms with Crippen LogP contribution in [0, 0.1) is 6.92 Å². The van der Waals surface area contributed by atoms with Crippen LogP contribution in [0.3, 0.4) is 0 Å². The molecule has 0 saturated heterocycles. The van der Waals surface area contributed by atoms with Gasteiger partial charge in [-0.15, -0.1) is 0 Å². The van der Waals surface area contributed by atoms with Crippen molar-refractivity contribution in [2.24, 2.45) is 0 Å². The van der Waals surface area contributed by atoms with Crippen molar-refractivity contribution < 1.29 is 27.6 Å². The van der Waals surface area contributed by atoms with Gasteiger partial charge in [0.05, 0.1) is 11.3 Å². The van der Waals surface area contributed by atoms with Gasteiger partial charge >= 0.3 is 12.2 Å². The number of nitrogens with zero attached hydrogens (tertiary/aromatic N) is 4. The van der Waals surface area contributed by atoms with E-state index in [-0.39, 0.29) is 17.1 Å². The van der Waals surface area contributed by atoms with Gasteiger partial charge in [-0.2, -0.15) is 18.3 Å². The average Bonchev–Trinajstić information content (AvgIpc) is 3.29. The van der Waals surface area contributed by atoms with Crippen LogP contribution in [-0.2, 0) is 12.6 Å². The lowest BCUT2D eigenvalue weighted by Crippen LogP contribution is -2.46. The minimum absolute atomic E-state index is 0.0229. The number of hydrogen-bond donors (Lipinski definition) is 3. The molecule has 0 spiro atoms. The number of nitrogens with one attached hydrogen (secondary N) is 3. The van der Waals surface area contributed by atoms with Crippen LogP contribution in [0.15, 0.2) is 41.0 Å². The lowest BCUT2D eigenvalue weighted by atomic mass is 10.1. The molecule has 3 rings (SSSR count). The number of benzene rings is 1. The number of alkyl halides is 3. The normalized spacial score (nSPS) is 11.1. The Morgan fingerprint density at radius 3 is 2.43 bits per heavy atom. The van der Waals surface area contributed by atoms with Crippen molar-refractivity contribution in [1.29, 1.82) is 0 Å². The largest absolute Gasteiger partial charge is 0.435 e. The molecule has 0 aliphatic rings. The summed E-state index contributed by atoms with van der Waals surface area (Å²) >= 11 is 3.29. The zero-order valence-corrected chi connectivity index (χ0v) is 21.8. The Morgan fingerprint density at radius 1 is 1.11 bits per heavy atom. The predicted molar refractivity (Wildman–Crippen MR) is 132 cm³/mol. The third kappa shape index (κ3) is 6.25. The Hall–Kier alpha value is -3.94. The number of urea groups is 1. The van der Waals surface area contributed by atoms with Gasteiger partial charge in [-0.3, -0.25) is 15.0 Å². The smallest absolute Gasteiger partial charge is 0.330 e. The average molecular weight is 582 g/mol. The SMILES string of the molecule is CCc1cccnc1-n1nc(C(F)(F)F)cc1C(=O)Nc1c(Br)cc(C)cc1C(=O)NNC(=O)N(C)C. The number of anilines is 1. The topological polar surface area (TPSA) is 121 Å². The highest BCUT2D eigenvalue weighted by Gasteiger charge is 2.37. The number of amides is 4. The van der Waals surface area contributed by atoms with Crippen LogP contribution in [0.5, 0.6) is 0 Å². The Labute approximate surface area is 218 Å². The highest BCUT2D eigenvalue weighted by molar-refractivity contribution is 9.10. The summed E-state index contributed by atoms with van der Waals surface area (Å²) in [5, 5.41) is 6.11. The summed E-state index contributed by atoms with van der Waals surface area (Å²) in [5.41, 5.74) is 3.86. The van der Waals surface area contributed by atoms with Gasteiger partial charge in [-0.1, -0.05) is 13.0 Å². The van der Waals surface area contributed by atoms with Crippen LogP contribution in [0.25, 0.3) is 5.82 Å². The maximum Gasteiger partial charge on any atom is 0.435 e. The Kier molecular flexibility index (Phi) is 8.21. The second-order valence-electron chi connectivity index (χ2n) is 8.07. The van der Waals surface area contributed by atoms with E-state index >= 15 is 0 Å². The molecular formula is C23H23BrF3N7O3. The fraction of sp³-hybridized carbons (Fsp3) is 0.261. The van der Waals surface area contributed by atoms with Crippen LogP contribution in [0.1, 0.15) is 44.6 Å². The van der Waals surface area contributed by atoms with E-state index in [2.05, 4.69) is 42.2 Å². The van der Waals surface area contributed by atoms with Gasteiger partial charge in [0.1, 0.15) is 5.69 Å². The molecule has 0 aliphatic carbocycles. The van der Waals surface area contributed by atoms with Gasteiger partial charge < -0.3 is 10.2 Å². The van der Waals surface area contributed by atoms with Crippen LogP contribution in [0.2, 0.25) is 0 Å². The van der Waals surface area contributed by atoms with Gasteiger partial charge in [-0.05, 0) is 58.6 Å². The van der Waals surface area contributed by atoms with Gasteiger partial charge in [-0.25, -0.2) is 19.9 Å². The Bertz CT molecular complexity index is 1360. The zero-order chi connectivity index (χ0) is 27.5. The van der Waals surface area contributed by atoms with Crippen molar-refractivity contribution in [1.82, 2.24) is 30.5 Å². The number of rotatable bonds is 5. The summed E-state index contributed by atoms with van der Waals surface area (Å²) in [4.78, 5) is 43.3. The first kappa shape index (κ1) is 27.6. The quantitative estimate of drug-likeness (QED) is 0.392. The number of carbonyl (C=O) groups excluding carboxylic acids is 3. The Morgan fingerprint density at radius 2 is 1.81 bits per heavy atom. The highest BCUT2D eigenvalue weighted by Crippen LogP contribution is 2.32. The van der Waals surface area contributed by atoms with Crippen molar-refractivity contribution >= 4 is 39.5 Å². The first-order valence-corrected chi connectivity index (χ1v) is 11.6. The van der Waals surface area contributed by atoms with E-state index in [0.717, 1.165) is 4.68 Å². The molecule has 37 heavy (non-hydrogen) atoms. The third-order valence-corrected chi connectivity index (χ3v) is 5.71. The Balaban J connectivity index is 2.04. The third-order valence-electron chi connectivity index (χ3n) is 5.09. The summed E-state index contributed by atoms with van der Waals surface area (Å²) in [6.07, 6.45) is -3.01. The van der Waals surface area contributed by atoms with E-state index in [4.69, 9.17) is 0 Å². The number of halogens is 4.